The lowest BCUT2D eigenvalue weighted by atomic mass is 10.0. The summed E-state index contributed by atoms with van der Waals surface area (Å²) in [7, 11) is 0. The van der Waals surface area contributed by atoms with E-state index in [0.717, 1.165) is 22.5 Å². The molecule has 0 bridgehead atoms. The topological polar surface area (TPSA) is 52.5 Å². The molecule has 0 unspecified atom stereocenters. The van der Waals surface area contributed by atoms with Crippen LogP contribution in [0, 0.1) is 31.0 Å². The van der Waals surface area contributed by atoms with E-state index in [1.54, 1.807) is 12.1 Å². The first kappa shape index (κ1) is 10.4. The van der Waals surface area contributed by atoms with Crippen LogP contribution in [0.15, 0.2) is 18.2 Å². The summed E-state index contributed by atoms with van der Waals surface area (Å²) in [6.07, 6.45) is 0. The number of aryl methyl sites for hydroxylation is 2. The Morgan fingerprint density at radius 2 is 2.12 bits per heavy atom. The van der Waals surface area contributed by atoms with Crippen LogP contribution in [-0.2, 0) is 0 Å². The summed E-state index contributed by atoms with van der Waals surface area (Å²) < 4.78 is 13.5. The van der Waals surface area contributed by atoms with Crippen LogP contribution >= 0.6 is 0 Å². The van der Waals surface area contributed by atoms with Crippen molar-refractivity contribution >= 4 is 0 Å². The minimum Gasteiger partial charge on any atom is -0.282 e. The van der Waals surface area contributed by atoms with Gasteiger partial charge in [0.05, 0.1) is 11.3 Å². The number of H-pyrrole nitrogens is 1. The van der Waals surface area contributed by atoms with Crippen molar-refractivity contribution in [1.29, 1.82) is 5.26 Å². The average Bonchev–Trinajstić information content (AvgIpc) is 2.58. The third-order valence-corrected chi connectivity index (χ3v) is 2.51. The van der Waals surface area contributed by atoms with Crippen LogP contribution in [0.3, 0.4) is 0 Å². The van der Waals surface area contributed by atoms with Crippen LogP contribution in [0.2, 0.25) is 0 Å². The molecule has 0 amide bonds. The summed E-state index contributed by atoms with van der Waals surface area (Å²) >= 11 is 0. The third-order valence-electron chi connectivity index (χ3n) is 2.51. The van der Waals surface area contributed by atoms with Crippen molar-refractivity contribution in [3.8, 4) is 17.2 Å². The van der Waals surface area contributed by atoms with E-state index in [1.165, 1.54) is 12.1 Å². The summed E-state index contributed by atoms with van der Waals surface area (Å²) in [6.45, 7) is 3.74. The van der Waals surface area contributed by atoms with Gasteiger partial charge in [-0.3, -0.25) is 5.10 Å². The summed E-state index contributed by atoms with van der Waals surface area (Å²) in [4.78, 5) is 0. The fraction of sp³-hybridized carbons (Fsp3) is 0.167. The quantitative estimate of drug-likeness (QED) is 0.795. The molecule has 1 N–H and O–H groups in total. The van der Waals surface area contributed by atoms with Gasteiger partial charge in [-0.1, -0.05) is 6.07 Å². The van der Waals surface area contributed by atoms with E-state index in [2.05, 4.69) is 10.2 Å². The Balaban J connectivity index is 2.59. The molecule has 0 saturated heterocycles. The first-order chi connectivity index (χ1) is 7.63. The molecule has 80 valence electrons. The Labute approximate surface area is 92.5 Å². The molecule has 0 radical (unpaired) electrons. The lowest BCUT2D eigenvalue weighted by Crippen LogP contribution is -1.87. The second-order valence-corrected chi connectivity index (χ2v) is 3.62. The van der Waals surface area contributed by atoms with Crippen LogP contribution in [0.1, 0.15) is 17.0 Å². The van der Waals surface area contributed by atoms with E-state index in [1.807, 2.05) is 13.8 Å². The van der Waals surface area contributed by atoms with Crippen LogP contribution in [0.5, 0.6) is 0 Å². The summed E-state index contributed by atoms with van der Waals surface area (Å²) in [5.41, 5.74) is 3.40. The molecule has 0 aliphatic carbocycles. The van der Waals surface area contributed by atoms with Gasteiger partial charge in [0.25, 0.3) is 0 Å². The van der Waals surface area contributed by atoms with Crippen molar-refractivity contribution in [3.63, 3.8) is 0 Å². The Morgan fingerprint density at radius 1 is 1.38 bits per heavy atom. The molecule has 0 aliphatic heterocycles. The van der Waals surface area contributed by atoms with Crippen molar-refractivity contribution < 1.29 is 4.39 Å². The van der Waals surface area contributed by atoms with Crippen LogP contribution in [-0.4, -0.2) is 10.2 Å². The van der Waals surface area contributed by atoms with Crippen LogP contribution in [0.4, 0.5) is 4.39 Å². The molecule has 16 heavy (non-hydrogen) atoms. The average molecular weight is 215 g/mol. The summed E-state index contributed by atoms with van der Waals surface area (Å²) in [6, 6.07) is 6.37. The highest BCUT2D eigenvalue weighted by atomic mass is 19.1. The number of halogens is 1. The normalized spacial score (nSPS) is 10.1. The first-order valence-electron chi connectivity index (χ1n) is 4.85. The number of nitriles is 1. The maximum absolute atomic E-state index is 13.5. The zero-order valence-electron chi connectivity index (χ0n) is 9.00. The lowest BCUT2D eigenvalue weighted by molar-refractivity contribution is 0.624. The molecule has 1 aromatic carbocycles. The zero-order valence-corrected chi connectivity index (χ0v) is 9.00. The Morgan fingerprint density at radius 3 is 2.62 bits per heavy atom. The van der Waals surface area contributed by atoms with Crippen molar-refractivity contribution in [2.24, 2.45) is 0 Å². The predicted octanol–water partition coefficient (Wildman–Crippen LogP) is 2.70. The molecule has 0 fully saturated rings. The number of aromatic nitrogens is 2. The monoisotopic (exact) mass is 215 g/mol. The Kier molecular flexibility index (Phi) is 2.45. The maximum atomic E-state index is 13.5. The van der Waals surface area contributed by atoms with Gasteiger partial charge in [0.2, 0.25) is 0 Å². The smallest absolute Gasteiger partial charge is 0.141 e. The van der Waals surface area contributed by atoms with Crippen molar-refractivity contribution in [2.75, 3.05) is 0 Å². The van der Waals surface area contributed by atoms with E-state index in [4.69, 9.17) is 5.26 Å². The molecule has 1 heterocycles. The largest absolute Gasteiger partial charge is 0.282 e. The molecule has 0 aliphatic rings. The Hall–Kier alpha value is -2.15. The second-order valence-electron chi connectivity index (χ2n) is 3.62. The van der Waals surface area contributed by atoms with E-state index in [-0.39, 0.29) is 5.56 Å². The number of aromatic amines is 1. The van der Waals surface area contributed by atoms with Crippen LogP contribution in [0.25, 0.3) is 11.1 Å². The molecule has 2 rings (SSSR count). The lowest BCUT2D eigenvalue weighted by Gasteiger charge is -2.02. The molecule has 1 aromatic heterocycles. The Bertz CT molecular complexity index is 559. The van der Waals surface area contributed by atoms with Gasteiger partial charge in [-0.05, 0) is 31.5 Å². The highest BCUT2D eigenvalue weighted by Crippen LogP contribution is 2.26. The van der Waals surface area contributed by atoms with Gasteiger partial charge in [0.1, 0.15) is 11.9 Å². The first-order valence-corrected chi connectivity index (χ1v) is 4.85. The molecule has 3 nitrogen and oxygen atoms in total. The number of benzene rings is 1. The van der Waals surface area contributed by atoms with Gasteiger partial charge in [-0.25, -0.2) is 4.39 Å². The van der Waals surface area contributed by atoms with E-state index < -0.39 is 5.82 Å². The predicted molar refractivity (Wildman–Crippen MR) is 58.2 cm³/mol. The number of nitrogens with zero attached hydrogens (tertiary/aromatic N) is 2. The minimum absolute atomic E-state index is 0.0579. The van der Waals surface area contributed by atoms with Crippen LogP contribution < -0.4 is 0 Å². The van der Waals surface area contributed by atoms with E-state index in [9.17, 15) is 4.39 Å². The fourth-order valence-corrected chi connectivity index (χ4v) is 1.74. The van der Waals surface area contributed by atoms with Crippen molar-refractivity contribution in [3.05, 3.63) is 41.0 Å². The van der Waals surface area contributed by atoms with Gasteiger partial charge in [0.15, 0.2) is 0 Å². The van der Waals surface area contributed by atoms with E-state index >= 15 is 0 Å². The second kappa shape index (κ2) is 3.78. The number of nitrogens with one attached hydrogen (secondary N) is 1. The minimum atomic E-state index is -0.500. The standard InChI is InChI=1S/C12H10FN3/c1-7-12(8(2)16-15-7)9-3-4-10(6-14)11(13)5-9/h3-5H,1-2H3,(H,15,16). The van der Waals surface area contributed by atoms with Crippen molar-refractivity contribution in [2.45, 2.75) is 13.8 Å². The highest BCUT2D eigenvalue weighted by Gasteiger charge is 2.11. The number of hydrogen-bond donors (Lipinski definition) is 1. The molecular weight excluding hydrogens is 205 g/mol. The summed E-state index contributed by atoms with van der Waals surface area (Å²) in [5.74, 6) is -0.500. The van der Waals surface area contributed by atoms with Gasteiger partial charge in [0, 0.05) is 11.3 Å². The maximum Gasteiger partial charge on any atom is 0.141 e. The van der Waals surface area contributed by atoms with E-state index in [0.29, 0.717) is 0 Å². The molecule has 2 aromatic rings. The van der Waals surface area contributed by atoms with Crippen molar-refractivity contribution in [1.82, 2.24) is 10.2 Å². The van der Waals surface area contributed by atoms with Gasteiger partial charge in [-0.15, -0.1) is 0 Å². The fourth-order valence-electron chi connectivity index (χ4n) is 1.74. The summed E-state index contributed by atoms with van der Waals surface area (Å²) in [5, 5.41) is 15.5. The third kappa shape index (κ3) is 1.57. The number of rotatable bonds is 1. The SMILES string of the molecule is Cc1n[nH]c(C)c1-c1ccc(C#N)c(F)c1. The van der Waals surface area contributed by atoms with Gasteiger partial charge < -0.3 is 0 Å². The molecule has 0 saturated carbocycles. The molecule has 4 heteroatoms. The molecule has 0 spiro atoms. The zero-order chi connectivity index (χ0) is 11.7. The van der Waals surface area contributed by atoms with Gasteiger partial charge in [-0.2, -0.15) is 10.4 Å². The van der Waals surface area contributed by atoms with Gasteiger partial charge >= 0.3 is 0 Å². The molecule has 0 atom stereocenters. The highest BCUT2D eigenvalue weighted by molar-refractivity contribution is 5.68. The number of hydrogen-bond acceptors (Lipinski definition) is 2. The molecular formula is C12H10FN3.